The summed E-state index contributed by atoms with van der Waals surface area (Å²) < 4.78 is 0. The number of aliphatic hydroxyl groups excluding tert-OH is 2. The van der Waals surface area contributed by atoms with Crippen molar-refractivity contribution in [3.8, 4) is 0 Å². The van der Waals surface area contributed by atoms with Crippen molar-refractivity contribution in [2.45, 2.75) is 12.5 Å². The van der Waals surface area contributed by atoms with Crippen molar-refractivity contribution in [2.24, 2.45) is 5.90 Å². The lowest BCUT2D eigenvalue weighted by Gasteiger charge is -2.08. The highest BCUT2D eigenvalue weighted by Gasteiger charge is 2.05. The molecule has 4 nitrogen and oxygen atoms in total. The van der Waals surface area contributed by atoms with Crippen molar-refractivity contribution in [3.63, 3.8) is 0 Å². The molecule has 1 aromatic carbocycles. The average Bonchev–Trinajstić information content (AvgIpc) is 2.25. The lowest BCUT2D eigenvalue weighted by molar-refractivity contribution is 0.0955. The summed E-state index contributed by atoms with van der Waals surface area (Å²) in [4.78, 5) is 4.46. The average molecular weight is 197 g/mol. The number of aliphatic hydroxyl groups is 2. The van der Waals surface area contributed by atoms with E-state index in [1.807, 2.05) is 18.2 Å². The molecule has 0 amide bonds. The molecule has 0 aliphatic rings. The van der Waals surface area contributed by atoms with E-state index in [1.54, 1.807) is 6.07 Å². The normalized spacial score (nSPS) is 12.8. The van der Waals surface area contributed by atoms with Crippen LogP contribution in [0.4, 0.5) is 0 Å². The third-order valence-electron chi connectivity index (χ3n) is 2.02. The van der Waals surface area contributed by atoms with Gasteiger partial charge >= 0.3 is 0 Å². The van der Waals surface area contributed by atoms with Crippen LogP contribution in [-0.4, -0.2) is 23.4 Å². The molecule has 0 aromatic heterocycles. The highest BCUT2D eigenvalue weighted by molar-refractivity contribution is 5.25. The number of hydrogen-bond donors (Lipinski definition) is 3. The summed E-state index contributed by atoms with van der Waals surface area (Å²) in [5, 5.41) is 18.1. The first kappa shape index (κ1) is 11.1. The van der Waals surface area contributed by atoms with Crippen LogP contribution >= 0.6 is 0 Å². The van der Waals surface area contributed by atoms with E-state index >= 15 is 0 Å². The predicted molar refractivity (Wildman–Crippen MR) is 52.3 cm³/mol. The molecule has 0 aliphatic heterocycles. The maximum absolute atomic E-state index is 9.37. The molecule has 0 saturated heterocycles. The van der Waals surface area contributed by atoms with Crippen molar-refractivity contribution in [1.82, 2.24) is 0 Å². The van der Waals surface area contributed by atoms with Crippen LogP contribution in [0.15, 0.2) is 24.3 Å². The fourth-order valence-corrected chi connectivity index (χ4v) is 1.24. The van der Waals surface area contributed by atoms with Gasteiger partial charge in [0.05, 0.1) is 13.2 Å². The van der Waals surface area contributed by atoms with Gasteiger partial charge in [-0.15, -0.1) is 0 Å². The van der Waals surface area contributed by atoms with Gasteiger partial charge < -0.3 is 15.1 Å². The van der Waals surface area contributed by atoms with E-state index in [-0.39, 0.29) is 6.61 Å². The first-order valence-electron chi connectivity index (χ1n) is 4.47. The first-order chi connectivity index (χ1) is 6.77. The summed E-state index contributed by atoms with van der Waals surface area (Å²) in [7, 11) is 0. The molecule has 0 spiro atoms. The van der Waals surface area contributed by atoms with Gasteiger partial charge in [-0.2, -0.15) is 0 Å². The van der Waals surface area contributed by atoms with E-state index in [2.05, 4.69) is 4.84 Å². The summed E-state index contributed by atoms with van der Waals surface area (Å²) in [6.45, 7) is 0.176. The van der Waals surface area contributed by atoms with Crippen LogP contribution in [0.2, 0.25) is 0 Å². The van der Waals surface area contributed by atoms with Gasteiger partial charge in [-0.3, -0.25) is 0 Å². The molecule has 4 heteroatoms. The standard InChI is InChI=1S/C10H15NO3/c11-14-5-4-8-2-1-3-9(6-8)10(13)7-12/h1-3,6,10,12-13H,4-5,7,11H2. The van der Waals surface area contributed by atoms with E-state index in [0.29, 0.717) is 18.6 Å². The van der Waals surface area contributed by atoms with Gasteiger partial charge in [0.1, 0.15) is 6.10 Å². The summed E-state index contributed by atoms with van der Waals surface area (Å²) in [5.74, 6) is 4.91. The molecule has 0 saturated carbocycles. The molecule has 78 valence electrons. The summed E-state index contributed by atoms with van der Waals surface area (Å²) in [6.07, 6.45) is -0.114. The lowest BCUT2D eigenvalue weighted by Crippen LogP contribution is -2.06. The first-order valence-corrected chi connectivity index (χ1v) is 4.47. The van der Waals surface area contributed by atoms with Gasteiger partial charge in [0.2, 0.25) is 0 Å². The van der Waals surface area contributed by atoms with Crippen LogP contribution in [-0.2, 0) is 11.3 Å². The Morgan fingerprint density at radius 3 is 2.86 bits per heavy atom. The van der Waals surface area contributed by atoms with E-state index < -0.39 is 6.10 Å². The van der Waals surface area contributed by atoms with Crippen LogP contribution in [0.1, 0.15) is 17.2 Å². The van der Waals surface area contributed by atoms with Gasteiger partial charge in [0.15, 0.2) is 0 Å². The molecule has 1 aromatic rings. The Labute approximate surface area is 82.9 Å². The molecular formula is C10H15NO3. The Hall–Kier alpha value is -0.940. The van der Waals surface area contributed by atoms with Gasteiger partial charge in [0, 0.05) is 0 Å². The Balaban J connectivity index is 2.68. The minimum Gasteiger partial charge on any atom is -0.393 e. The monoisotopic (exact) mass is 197 g/mol. The van der Waals surface area contributed by atoms with Crippen LogP contribution in [0.25, 0.3) is 0 Å². The summed E-state index contributed by atoms with van der Waals surface area (Å²) in [6, 6.07) is 7.36. The number of benzene rings is 1. The molecule has 1 rings (SSSR count). The van der Waals surface area contributed by atoms with E-state index in [4.69, 9.17) is 11.0 Å². The van der Waals surface area contributed by atoms with Crippen LogP contribution in [0, 0.1) is 0 Å². The van der Waals surface area contributed by atoms with Gasteiger partial charge in [0.25, 0.3) is 0 Å². The third kappa shape index (κ3) is 3.08. The molecule has 0 bridgehead atoms. The van der Waals surface area contributed by atoms with Crippen LogP contribution in [0.3, 0.4) is 0 Å². The van der Waals surface area contributed by atoms with Gasteiger partial charge in [-0.25, -0.2) is 5.90 Å². The Morgan fingerprint density at radius 2 is 2.21 bits per heavy atom. The van der Waals surface area contributed by atoms with E-state index in [9.17, 15) is 5.11 Å². The van der Waals surface area contributed by atoms with E-state index in [0.717, 1.165) is 5.56 Å². The Bertz CT molecular complexity index is 278. The molecule has 0 aliphatic carbocycles. The highest BCUT2D eigenvalue weighted by atomic mass is 16.6. The Morgan fingerprint density at radius 1 is 1.43 bits per heavy atom. The van der Waals surface area contributed by atoms with Crippen LogP contribution in [0.5, 0.6) is 0 Å². The molecular weight excluding hydrogens is 182 g/mol. The largest absolute Gasteiger partial charge is 0.393 e. The minimum atomic E-state index is -0.811. The molecule has 0 radical (unpaired) electrons. The third-order valence-corrected chi connectivity index (χ3v) is 2.02. The zero-order chi connectivity index (χ0) is 10.4. The molecule has 1 unspecified atom stereocenters. The second-order valence-corrected chi connectivity index (χ2v) is 3.06. The second-order valence-electron chi connectivity index (χ2n) is 3.06. The van der Waals surface area contributed by atoms with E-state index in [1.165, 1.54) is 0 Å². The molecule has 0 fully saturated rings. The van der Waals surface area contributed by atoms with Gasteiger partial charge in [-0.1, -0.05) is 24.3 Å². The zero-order valence-corrected chi connectivity index (χ0v) is 7.89. The number of nitrogens with two attached hydrogens (primary N) is 1. The van der Waals surface area contributed by atoms with Crippen LogP contribution < -0.4 is 5.90 Å². The maximum atomic E-state index is 9.37. The van der Waals surface area contributed by atoms with Crippen molar-refractivity contribution < 1.29 is 15.1 Å². The fraction of sp³-hybridized carbons (Fsp3) is 0.400. The van der Waals surface area contributed by atoms with Crippen molar-refractivity contribution in [2.75, 3.05) is 13.2 Å². The second kappa shape index (κ2) is 5.72. The van der Waals surface area contributed by atoms with Gasteiger partial charge in [-0.05, 0) is 17.5 Å². The summed E-state index contributed by atoms with van der Waals surface area (Å²) >= 11 is 0. The Kier molecular flexibility index (Phi) is 4.55. The molecule has 4 N–H and O–H groups in total. The lowest BCUT2D eigenvalue weighted by atomic mass is 10.0. The number of rotatable bonds is 5. The van der Waals surface area contributed by atoms with Crippen molar-refractivity contribution >= 4 is 0 Å². The molecule has 1 atom stereocenters. The quantitative estimate of drug-likeness (QED) is 0.587. The fourth-order valence-electron chi connectivity index (χ4n) is 1.24. The van der Waals surface area contributed by atoms with Crippen molar-refractivity contribution in [3.05, 3.63) is 35.4 Å². The smallest absolute Gasteiger partial charge is 0.102 e. The van der Waals surface area contributed by atoms with Crippen molar-refractivity contribution in [1.29, 1.82) is 0 Å². The number of hydrogen-bond acceptors (Lipinski definition) is 4. The topological polar surface area (TPSA) is 75.7 Å². The molecule has 0 heterocycles. The molecule has 14 heavy (non-hydrogen) atoms. The SMILES string of the molecule is NOCCc1cccc(C(O)CO)c1. The predicted octanol–water partition coefficient (Wildman–Crippen LogP) is 0.145. The minimum absolute atomic E-state index is 0.267. The maximum Gasteiger partial charge on any atom is 0.102 e. The highest BCUT2D eigenvalue weighted by Crippen LogP contribution is 2.14. The zero-order valence-electron chi connectivity index (χ0n) is 7.89. The summed E-state index contributed by atoms with van der Waals surface area (Å²) in [5.41, 5.74) is 1.74.